The molecular formula is C11H10N4O4. The largest absolute Gasteiger partial charge is 0.476 e. The van der Waals surface area contributed by atoms with Crippen LogP contribution in [0.2, 0.25) is 0 Å². The first-order chi connectivity index (χ1) is 9.08. The fourth-order valence-electron chi connectivity index (χ4n) is 1.59. The number of aromatic nitrogens is 3. The highest BCUT2D eigenvalue weighted by Crippen LogP contribution is 2.16. The summed E-state index contributed by atoms with van der Waals surface area (Å²) in [5, 5.41) is 23.2. The Hall–Kier alpha value is -2.77. The average molecular weight is 262 g/mol. The number of nitro groups is 1. The van der Waals surface area contributed by atoms with Crippen molar-refractivity contribution in [1.29, 1.82) is 0 Å². The summed E-state index contributed by atoms with van der Waals surface area (Å²) in [4.78, 5) is 24.9. The molecule has 0 unspecified atom stereocenters. The van der Waals surface area contributed by atoms with E-state index in [0.717, 1.165) is 11.9 Å². The van der Waals surface area contributed by atoms with Crippen molar-refractivity contribution in [3.63, 3.8) is 0 Å². The molecule has 98 valence electrons. The normalized spacial score (nSPS) is 10.3. The SMILES string of the molecule is O=C(O)c1nn(CCc2ccccn2)cc1[N+](=O)[O-]. The van der Waals surface area contributed by atoms with Gasteiger partial charge in [0.2, 0.25) is 5.69 Å². The Morgan fingerprint density at radius 3 is 2.79 bits per heavy atom. The molecule has 2 aromatic heterocycles. The molecule has 19 heavy (non-hydrogen) atoms. The van der Waals surface area contributed by atoms with E-state index < -0.39 is 22.3 Å². The number of pyridine rings is 1. The summed E-state index contributed by atoms with van der Waals surface area (Å²) in [6.45, 7) is 0.325. The van der Waals surface area contributed by atoms with Gasteiger partial charge in [0.25, 0.3) is 0 Å². The van der Waals surface area contributed by atoms with Gasteiger partial charge in [-0.05, 0) is 12.1 Å². The van der Waals surface area contributed by atoms with Gasteiger partial charge in [0.05, 0.1) is 4.92 Å². The summed E-state index contributed by atoms with van der Waals surface area (Å²) in [6, 6.07) is 5.43. The van der Waals surface area contributed by atoms with Crippen LogP contribution in [-0.2, 0) is 13.0 Å². The molecular weight excluding hydrogens is 252 g/mol. The second-order valence-electron chi connectivity index (χ2n) is 3.76. The van der Waals surface area contributed by atoms with Crippen LogP contribution in [0.25, 0.3) is 0 Å². The molecule has 0 aromatic carbocycles. The molecule has 0 saturated carbocycles. The number of hydrogen-bond acceptors (Lipinski definition) is 5. The minimum Gasteiger partial charge on any atom is -0.476 e. The van der Waals surface area contributed by atoms with Gasteiger partial charge in [-0.15, -0.1) is 0 Å². The number of aryl methyl sites for hydroxylation is 2. The quantitative estimate of drug-likeness (QED) is 0.638. The number of hydrogen-bond donors (Lipinski definition) is 1. The molecule has 0 atom stereocenters. The van der Waals surface area contributed by atoms with Gasteiger partial charge in [0.15, 0.2) is 0 Å². The van der Waals surface area contributed by atoms with Crippen molar-refractivity contribution in [2.75, 3.05) is 0 Å². The van der Waals surface area contributed by atoms with Gasteiger partial charge >= 0.3 is 11.7 Å². The van der Waals surface area contributed by atoms with Crippen LogP contribution < -0.4 is 0 Å². The molecule has 0 bridgehead atoms. The highest BCUT2D eigenvalue weighted by atomic mass is 16.6. The number of aromatic carboxylic acids is 1. The summed E-state index contributed by atoms with van der Waals surface area (Å²) in [7, 11) is 0. The monoisotopic (exact) mass is 262 g/mol. The number of rotatable bonds is 5. The van der Waals surface area contributed by atoms with Gasteiger partial charge in [-0.25, -0.2) is 4.79 Å². The number of nitrogens with zero attached hydrogens (tertiary/aromatic N) is 4. The number of carbonyl (C=O) groups is 1. The fraction of sp³-hybridized carbons (Fsp3) is 0.182. The summed E-state index contributed by atoms with van der Waals surface area (Å²) in [5.74, 6) is -1.41. The first-order valence-corrected chi connectivity index (χ1v) is 5.43. The van der Waals surface area contributed by atoms with Crippen molar-refractivity contribution in [3.05, 3.63) is 52.1 Å². The Kier molecular flexibility index (Phi) is 3.51. The molecule has 0 fully saturated rings. The van der Waals surface area contributed by atoms with E-state index in [0.29, 0.717) is 13.0 Å². The van der Waals surface area contributed by atoms with Gasteiger partial charge in [-0.3, -0.25) is 19.8 Å². The van der Waals surface area contributed by atoms with Gasteiger partial charge in [0, 0.05) is 24.9 Å². The molecule has 0 spiro atoms. The van der Waals surface area contributed by atoms with Crippen LogP contribution in [0.4, 0.5) is 5.69 Å². The maximum absolute atomic E-state index is 10.8. The summed E-state index contributed by atoms with van der Waals surface area (Å²) < 4.78 is 1.25. The van der Waals surface area contributed by atoms with Crippen molar-refractivity contribution >= 4 is 11.7 Å². The lowest BCUT2D eigenvalue weighted by Gasteiger charge is -1.99. The molecule has 2 rings (SSSR count). The predicted molar refractivity (Wildman–Crippen MR) is 63.8 cm³/mol. The van der Waals surface area contributed by atoms with Crippen LogP contribution in [0.1, 0.15) is 16.2 Å². The maximum atomic E-state index is 10.8. The van der Waals surface area contributed by atoms with Crippen LogP contribution in [0.5, 0.6) is 0 Å². The lowest BCUT2D eigenvalue weighted by molar-refractivity contribution is -0.385. The van der Waals surface area contributed by atoms with Crippen molar-refractivity contribution in [3.8, 4) is 0 Å². The average Bonchev–Trinajstić information content (AvgIpc) is 2.82. The van der Waals surface area contributed by atoms with Crippen LogP contribution >= 0.6 is 0 Å². The second kappa shape index (κ2) is 5.25. The van der Waals surface area contributed by atoms with Crippen LogP contribution in [0, 0.1) is 10.1 Å². The summed E-state index contributed by atoms with van der Waals surface area (Å²) >= 11 is 0. The molecule has 0 amide bonds. The third-order valence-corrected chi connectivity index (χ3v) is 2.46. The predicted octanol–water partition coefficient (Wildman–Crippen LogP) is 1.13. The van der Waals surface area contributed by atoms with Gasteiger partial charge < -0.3 is 5.11 Å². The lowest BCUT2D eigenvalue weighted by atomic mass is 10.3. The van der Waals surface area contributed by atoms with Crippen molar-refractivity contribution in [1.82, 2.24) is 14.8 Å². The third-order valence-electron chi connectivity index (χ3n) is 2.46. The van der Waals surface area contributed by atoms with Gasteiger partial charge in [0.1, 0.15) is 6.20 Å². The molecule has 8 heteroatoms. The Morgan fingerprint density at radius 2 is 2.26 bits per heavy atom. The molecule has 0 radical (unpaired) electrons. The zero-order chi connectivity index (χ0) is 13.8. The molecule has 8 nitrogen and oxygen atoms in total. The Morgan fingerprint density at radius 1 is 1.47 bits per heavy atom. The second-order valence-corrected chi connectivity index (χ2v) is 3.76. The van der Waals surface area contributed by atoms with E-state index in [4.69, 9.17) is 5.11 Å². The van der Waals surface area contributed by atoms with E-state index in [1.165, 1.54) is 4.68 Å². The van der Waals surface area contributed by atoms with Gasteiger partial charge in [-0.1, -0.05) is 6.07 Å². The third kappa shape index (κ3) is 2.92. The van der Waals surface area contributed by atoms with Gasteiger partial charge in [-0.2, -0.15) is 5.10 Å². The minimum absolute atomic E-state index is 0.325. The van der Waals surface area contributed by atoms with E-state index in [1.807, 2.05) is 12.1 Å². The highest BCUT2D eigenvalue weighted by molar-refractivity contribution is 5.89. The van der Waals surface area contributed by atoms with E-state index in [1.54, 1.807) is 12.3 Å². The fourth-order valence-corrected chi connectivity index (χ4v) is 1.59. The zero-order valence-corrected chi connectivity index (χ0v) is 9.76. The molecule has 0 saturated heterocycles. The van der Waals surface area contributed by atoms with Crippen molar-refractivity contribution < 1.29 is 14.8 Å². The smallest absolute Gasteiger partial charge is 0.363 e. The Labute approximate surface area is 107 Å². The van der Waals surface area contributed by atoms with Crippen LogP contribution in [0.3, 0.4) is 0 Å². The summed E-state index contributed by atoms with van der Waals surface area (Å²) in [5.41, 5.74) is -0.253. The summed E-state index contributed by atoms with van der Waals surface area (Å²) in [6.07, 6.45) is 3.27. The van der Waals surface area contributed by atoms with Crippen LogP contribution in [0.15, 0.2) is 30.6 Å². The Balaban J connectivity index is 2.15. The molecule has 2 aromatic rings. The van der Waals surface area contributed by atoms with E-state index in [2.05, 4.69) is 10.1 Å². The number of carboxylic acids is 1. The Bertz CT molecular complexity index is 577. The highest BCUT2D eigenvalue weighted by Gasteiger charge is 2.24. The molecule has 1 N–H and O–H groups in total. The molecule has 0 aliphatic heterocycles. The lowest BCUT2D eigenvalue weighted by Crippen LogP contribution is -2.05. The van der Waals surface area contributed by atoms with Crippen molar-refractivity contribution in [2.45, 2.75) is 13.0 Å². The first-order valence-electron chi connectivity index (χ1n) is 5.43. The number of carboxylic acid groups (broad SMARTS) is 1. The maximum Gasteiger partial charge on any atom is 0.363 e. The first kappa shape index (κ1) is 12.7. The standard InChI is InChI=1S/C11H10N4O4/c16-11(17)10-9(15(18)19)7-14(13-10)6-4-8-3-1-2-5-12-8/h1-3,5,7H,4,6H2,(H,16,17). The van der Waals surface area contributed by atoms with Crippen molar-refractivity contribution in [2.24, 2.45) is 0 Å². The zero-order valence-electron chi connectivity index (χ0n) is 9.76. The molecule has 2 heterocycles. The van der Waals surface area contributed by atoms with Crippen LogP contribution in [-0.4, -0.2) is 30.8 Å². The topological polar surface area (TPSA) is 111 Å². The van der Waals surface area contributed by atoms with E-state index in [-0.39, 0.29) is 0 Å². The van der Waals surface area contributed by atoms with E-state index >= 15 is 0 Å². The molecule has 0 aliphatic rings. The minimum atomic E-state index is -1.41. The molecule has 0 aliphatic carbocycles. The van der Waals surface area contributed by atoms with E-state index in [9.17, 15) is 14.9 Å².